The Morgan fingerprint density at radius 2 is 1.83 bits per heavy atom. The van der Waals surface area contributed by atoms with E-state index >= 15 is 0 Å². The summed E-state index contributed by atoms with van der Waals surface area (Å²) >= 11 is 0. The topological polar surface area (TPSA) is 9.23 Å². The second kappa shape index (κ2) is 5.45. The molecule has 0 amide bonds. The standard InChI is InChI=1S/C21H32OSi/c1-21-14-13-17-16-8-6-5-7-15(16)9-10-18(17)19(21)11-12-20(21)22-23(2,3)4/h5-8,17-20H,9-14H2,1-4H3/t17-,18-,19+,20+,21+/m1/s1. The van der Waals surface area contributed by atoms with Gasteiger partial charge in [0.15, 0.2) is 8.32 Å². The summed E-state index contributed by atoms with van der Waals surface area (Å²) in [5.41, 5.74) is 3.75. The van der Waals surface area contributed by atoms with Gasteiger partial charge in [0, 0.05) is 0 Å². The minimum atomic E-state index is -1.45. The lowest BCUT2D eigenvalue weighted by Crippen LogP contribution is -2.47. The third-order valence-electron chi connectivity index (χ3n) is 7.05. The van der Waals surface area contributed by atoms with Crippen molar-refractivity contribution < 1.29 is 4.43 Å². The normalized spacial score (nSPS) is 39.5. The molecule has 1 aromatic carbocycles. The van der Waals surface area contributed by atoms with Crippen LogP contribution in [0.1, 0.15) is 56.1 Å². The maximum absolute atomic E-state index is 6.66. The van der Waals surface area contributed by atoms with Crippen LogP contribution in [0, 0.1) is 17.3 Å². The van der Waals surface area contributed by atoms with Gasteiger partial charge in [0.05, 0.1) is 6.10 Å². The summed E-state index contributed by atoms with van der Waals surface area (Å²) in [6.45, 7) is 9.62. The van der Waals surface area contributed by atoms with Crippen molar-refractivity contribution >= 4 is 8.32 Å². The number of rotatable bonds is 2. The molecule has 1 nitrogen and oxygen atoms in total. The summed E-state index contributed by atoms with van der Waals surface area (Å²) in [5, 5.41) is 0. The van der Waals surface area contributed by atoms with E-state index in [1.807, 2.05) is 0 Å². The molecule has 0 aromatic heterocycles. The minimum Gasteiger partial charge on any atom is -0.414 e. The van der Waals surface area contributed by atoms with Crippen LogP contribution in [0.3, 0.4) is 0 Å². The van der Waals surface area contributed by atoms with E-state index in [-0.39, 0.29) is 0 Å². The summed E-state index contributed by atoms with van der Waals surface area (Å²) in [5.74, 6) is 2.61. The van der Waals surface area contributed by atoms with Gasteiger partial charge in [0.25, 0.3) is 0 Å². The van der Waals surface area contributed by atoms with E-state index in [1.165, 1.54) is 38.5 Å². The quantitative estimate of drug-likeness (QED) is 0.627. The van der Waals surface area contributed by atoms with Gasteiger partial charge >= 0.3 is 0 Å². The van der Waals surface area contributed by atoms with Crippen molar-refractivity contribution in [2.75, 3.05) is 0 Å². The third-order valence-corrected chi connectivity index (χ3v) is 8.04. The molecule has 5 atom stereocenters. The van der Waals surface area contributed by atoms with Crippen molar-refractivity contribution in [3.8, 4) is 0 Å². The molecule has 2 heteroatoms. The molecule has 0 heterocycles. The molecule has 0 spiro atoms. The highest BCUT2D eigenvalue weighted by atomic mass is 28.4. The second-order valence-electron chi connectivity index (χ2n) is 9.46. The summed E-state index contributed by atoms with van der Waals surface area (Å²) in [4.78, 5) is 0. The molecule has 3 aliphatic carbocycles. The maximum Gasteiger partial charge on any atom is 0.184 e. The van der Waals surface area contributed by atoms with Gasteiger partial charge in [-0.25, -0.2) is 0 Å². The van der Waals surface area contributed by atoms with Crippen molar-refractivity contribution in [2.45, 2.75) is 77.1 Å². The van der Waals surface area contributed by atoms with E-state index in [9.17, 15) is 0 Å². The first-order chi connectivity index (χ1) is 10.9. The van der Waals surface area contributed by atoms with Crippen molar-refractivity contribution in [2.24, 2.45) is 17.3 Å². The maximum atomic E-state index is 6.66. The monoisotopic (exact) mass is 328 g/mol. The zero-order chi connectivity index (χ0) is 16.2. The van der Waals surface area contributed by atoms with Crippen molar-refractivity contribution in [3.05, 3.63) is 35.4 Å². The molecule has 2 fully saturated rings. The average Bonchev–Trinajstić information content (AvgIpc) is 2.82. The van der Waals surface area contributed by atoms with Crippen LogP contribution in [0.4, 0.5) is 0 Å². The largest absolute Gasteiger partial charge is 0.414 e. The van der Waals surface area contributed by atoms with Crippen molar-refractivity contribution in [1.82, 2.24) is 0 Å². The Morgan fingerprint density at radius 3 is 2.61 bits per heavy atom. The summed E-state index contributed by atoms with van der Waals surface area (Å²) in [6.07, 6.45) is 8.66. The van der Waals surface area contributed by atoms with Crippen LogP contribution in [-0.4, -0.2) is 14.4 Å². The fourth-order valence-electron chi connectivity index (χ4n) is 6.09. The predicted octanol–water partition coefficient (Wildman–Crippen LogP) is 5.76. The number of benzene rings is 1. The zero-order valence-electron chi connectivity index (χ0n) is 15.3. The van der Waals surface area contributed by atoms with Gasteiger partial charge in [-0.05, 0) is 92.5 Å². The van der Waals surface area contributed by atoms with Crippen LogP contribution in [0.5, 0.6) is 0 Å². The molecule has 4 rings (SSSR count). The fraction of sp³-hybridized carbons (Fsp3) is 0.714. The molecule has 0 aliphatic heterocycles. The smallest absolute Gasteiger partial charge is 0.184 e. The van der Waals surface area contributed by atoms with E-state index in [1.54, 1.807) is 11.1 Å². The first kappa shape index (κ1) is 15.9. The highest BCUT2D eigenvalue weighted by Gasteiger charge is 2.55. The zero-order valence-corrected chi connectivity index (χ0v) is 16.3. The second-order valence-corrected chi connectivity index (χ2v) is 13.9. The van der Waals surface area contributed by atoms with Crippen LogP contribution >= 0.6 is 0 Å². The van der Waals surface area contributed by atoms with Crippen LogP contribution in [0.25, 0.3) is 0 Å². The Labute approximate surface area is 143 Å². The SMILES string of the molecule is C[C@]12CC[C@@H]3c4ccccc4CC[C@H]3[C@@H]1CC[C@@H]2O[Si](C)(C)C. The number of aryl methyl sites for hydroxylation is 1. The Hall–Kier alpha value is -0.603. The van der Waals surface area contributed by atoms with Gasteiger partial charge in [-0.2, -0.15) is 0 Å². The van der Waals surface area contributed by atoms with Crippen LogP contribution in [0.2, 0.25) is 19.6 Å². The molecule has 0 bridgehead atoms. The van der Waals surface area contributed by atoms with E-state index in [0.717, 1.165) is 17.8 Å². The lowest BCUT2D eigenvalue weighted by molar-refractivity contribution is -0.0140. The van der Waals surface area contributed by atoms with Gasteiger partial charge in [-0.1, -0.05) is 31.2 Å². The molecule has 1 aromatic rings. The van der Waals surface area contributed by atoms with E-state index in [4.69, 9.17) is 4.43 Å². The summed E-state index contributed by atoms with van der Waals surface area (Å²) < 4.78 is 6.66. The molecule has 126 valence electrons. The van der Waals surface area contributed by atoms with Gasteiger partial charge in [0.1, 0.15) is 0 Å². The van der Waals surface area contributed by atoms with Gasteiger partial charge < -0.3 is 4.43 Å². The van der Waals surface area contributed by atoms with Crippen LogP contribution in [-0.2, 0) is 10.8 Å². The Balaban J connectivity index is 1.61. The van der Waals surface area contributed by atoms with Crippen molar-refractivity contribution in [1.29, 1.82) is 0 Å². The fourth-order valence-corrected chi connectivity index (χ4v) is 7.33. The third kappa shape index (κ3) is 2.62. The highest BCUT2D eigenvalue weighted by Crippen LogP contribution is 2.61. The number of hydrogen-bond acceptors (Lipinski definition) is 1. The number of fused-ring (bicyclic) bond motifs is 5. The molecular formula is C21H32OSi. The summed E-state index contributed by atoms with van der Waals surface area (Å²) in [7, 11) is -1.45. The van der Waals surface area contributed by atoms with Gasteiger partial charge in [-0.15, -0.1) is 0 Å². The molecule has 3 aliphatic rings. The Morgan fingerprint density at radius 1 is 1.04 bits per heavy atom. The molecule has 0 saturated heterocycles. The van der Waals surface area contributed by atoms with Crippen molar-refractivity contribution in [3.63, 3.8) is 0 Å². The number of hydrogen-bond donors (Lipinski definition) is 0. The molecular weight excluding hydrogens is 296 g/mol. The lowest BCUT2D eigenvalue weighted by Gasteiger charge is -2.51. The minimum absolute atomic E-state index is 0.438. The van der Waals surface area contributed by atoms with Crippen LogP contribution in [0.15, 0.2) is 24.3 Å². The lowest BCUT2D eigenvalue weighted by atomic mass is 9.55. The van der Waals surface area contributed by atoms with Gasteiger partial charge in [-0.3, -0.25) is 0 Å². The van der Waals surface area contributed by atoms with Crippen LogP contribution < -0.4 is 0 Å². The van der Waals surface area contributed by atoms with Gasteiger partial charge in [0.2, 0.25) is 0 Å². The molecule has 0 unspecified atom stereocenters. The molecule has 23 heavy (non-hydrogen) atoms. The van der Waals surface area contributed by atoms with E-state index in [0.29, 0.717) is 11.5 Å². The van der Waals surface area contributed by atoms with E-state index in [2.05, 4.69) is 50.8 Å². The Kier molecular flexibility index (Phi) is 3.77. The van der Waals surface area contributed by atoms with E-state index < -0.39 is 8.32 Å². The average molecular weight is 329 g/mol. The highest BCUT2D eigenvalue weighted by molar-refractivity contribution is 6.69. The first-order valence-electron chi connectivity index (χ1n) is 9.64. The first-order valence-corrected chi connectivity index (χ1v) is 13.0. The Bertz CT molecular complexity index is 590. The summed E-state index contributed by atoms with van der Waals surface area (Å²) in [6, 6.07) is 9.26. The molecule has 2 saturated carbocycles. The predicted molar refractivity (Wildman–Crippen MR) is 99.3 cm³/mol. The molecule has 0 radical (unpaired) electrons. The molecule has 0 N–H and O–H groups in total.